The molecule has 3 nitrogen and oxygen atoms in total. The Labute approximate surface area is 165 Å². The van der Waals surface area contributed by atoms with Gasteiger partial charge in [0.2, 0.25) is 0 Å². The molecule has 0 amide bonds. The minimum atomic E-state index is -4.33. The van der Waals surface area contributed by atoms with E-state index in [1.807, 2.05) is 17.5 Å². The third-order valence-electron chi connectivity index (χ3n) is 4.01. The quantitative estimate of drug-likeness (QED) is 0.280. The first-order valence-corrected chi connectivity index (χ1v) is 9.89. The molecule has 0 spiro atoms. The Balaban J connectivity index is 1.69. The first-order valence-electron chi connectivity index (χ1n) is 8.19. The van der Waals surface area contributed by atoms with Gasteiger partial charge in [0.15, 0.2) is 0 Å². The summed E-state index contributed by atoms with van der Waals surface area (Å²) in [6.07, 6.45) is 0. The second-order valence-electron chi connectivity index (χ2n) is 5.98. The van der Waals surface area contributed by atoms with Crippen molar-refractivity contribution in [1.29, 1.82) is 0 Å². The molecule has 0 aliphatic heterocycles. The van der Waals surface area contributed by atoms with Gasteiger partial charge in [-0.3, -0.25) is 4.72 Å². The van der Waals surface area contributed by atoms with Crippen LogP contribution >= 0.6 is 23.3 Å². The molecule has 0 fully saturated rings. The van der Waals surface area contributed by atoms with Gasteiger partial charge in [-0.2, -0.15) is 13.2 Å². The molecule has 0 radical (unpaired) electrons. The van der Waals surface area contributed by atoms with E-state index in [4.69, 9.17) is 0 Å². The van der Waals surface area contributed by atoms with Crippen LogP contribution in [0, 0.1) is 5.82 Å². The maximum Gasteiger partial charge on any atom is 0.456 e. The molecule has 2 aromatic carbocycles. The second-order valence-corrected chi connectivity index (χ2v) is 7.85. The number of rotatable bonds is 5. The minimum Gasteiger partial charge on any atom is -0.340 e. The second kappa shape index (κ2) is 7.57. The first kappa shape index (κ1) is 19.0. The average Bonchev–Trinajstić information content (AvgIpc) is 3.11. The summed E-state index contributed by atoms with van der Waals surface area (Å²) in [4.78, 5) is 4.63. The normalized spacial score (nSPS) is 12.0. The fourth-order valence-electron chi connectivity index (χ4n) is 2.86. The van der Waals surface area contributed by atoms with E-state index in [9.17, 15) is 17.6 Å². The third kappa shape index (κ3) is 4.21. The van der Waals surface area contributed by atoms with Crippen molar-refractivity contribution in [2.45, 2.75) is 12.1 Å². The summed E-state index contributed by atoms with van der Waals surface area (Å²) < 4.78 is 53.7. The van der Waals surface area contributed by atoms with Crippen molar-refractivity contribution >= 4 is 55.8 Å². The van der Waals surface area contributed by atoms with Gasteiger partial charge in [-0.1, -0.05) is 18.2 Å². The average molecular weight is 423 g/mol. The highest BCUT2D eigenvalue weighted by atomic mass is 32.2. The van der Waals surface area contributed by atoms with Crippen molar-refractivity contribution in [1.82, 2.24) is 9.71 Å². The molecule has 0 aliphatic rings. The van der Waals surface area contributed by atoms with E-state index in [1.165, 1.54) is 12.1 Å². The predicted molar refractivity (Wildman–Crippen MR) is 107 cm³/mol. The van der Waals surface area contributed by atoms with E-state index in [2.05, 4.69) is 15.0 Å². The highest BCUT2D eigenvalue weighted by Crippen LogP contribution is 2.35. The zero-order valence-electron chi connectivity index (χ0n) is 14.2. The van der Waals surface area contributed by atoms with Crippen molar-refractivity contribution in [2.24, 2.45) is 0 Å². The van der Waals surface area contributed by atoms with Crippen LogP contribution in [-0.4, -0.2) is 10.5 Å². The van der Waals surface area contributed by atoms with Crippen LogP contribution in [-0.2, 0) is 6.54 Å². The van der Waals surface area contributed by atoms with E-state index < -0.39 is 5.51 Å². The molecule has 28 heavy (non-hydrogen) atoms. The third-order valence-corrected chi connectivity index (χ3v) is 5.48. The number of halogens is 4. The molecular weight excluding hydrogens is 410 g/mol. The smallest absolute Gasteiger partial charge is 0.340 e. The van der Waals surface area contributed by atoms with Gasteiger partial charge in [0.25, 0.3) is 0 Å². The van der Waals surface area contributed by atoms with E-state index in [1.54, 1.807) is 35.6 Å². The number of alkyl halides is 3. The van der Waals surface area contributed by atoms with Crippen LogP contribution in [0.4, 0.5) is 29.1 Å². The lowest BCUT2D eigenvalue weighted by atomic mass is 10.1. The molecule has 2 N–H and O–H groups in total. The highest BCUT2D eigenvalue weighted by molar-refractivity contribution is 7.98. The number of anilines is 2. The van der Waals surface area contributed by atoms with Crippen LogP contribution in [0.1, 0.15) is 5.56 Å². The van der Waals surface area contributed by atoms with Gasteiger partial charge in [0.1, 0.15) is 11.6 Å². The molecule has 144 valence electrons. The first-order chi connectivity index (χ1) is 13.4. The topological polar surface area (TPSA) is 37.0 Å². The number of nitrogens with zero attached hydrogens (tertiary/aromatic N) is 1. The molecule has 0 saturated carbocycles. The minimum absolute atomic E-state index is 0.0525. The maximum atomic E-state index is 13.5. The number of hydrogen-bond acceptors (Lipinski definition) is 5. The summed E-state index contributed by atoms with van der Waals surface area (Å²) >= 11 is 1.28. The van der Waals surface area contributed by atoms with E-state index in [-0.39, 0.29) is 24.3 Å². The van der Waals surface area contributed by atoms with Gasteiger partial charge in [-0.25, -0.2) is 9.37 Å². The molecule has 0 bridgehead atoms. The van der Waals surface area contributed by atoms with Gasteiger partial charge in [-0.05, 0) is 41.3 Å². The van der Waals surface area contributed by atoms with Crippen LogP contribution in [0.2, 0.25) is 0 Å². The molecule has 0 unspecified atom stereocenters. The molecule has 2 heterocycles. The lowest BCUT2D eigenvalue weighted by molar-refractivity contribution is -0.0336. The number of benzene rings is 2. The Hall–Kier alpha value is -2.36. The Morgan fingerprint density at radius 2 is 1.89 bits per heavy atom. The van der Waals surface area contributed by atoms with Crippen molar-refractivity contribution in [3.63, 3.8) is 0 Å². The number of pyridine rings is 1. The van der Waals surface area contributed by atoms with Crippen molar-refractivity contribution in [3.05, 3.63) is 65.3 Å². The SMILES string of the molecule is Fc1cccc(Nc2nc3cc(CNSC(F)(F)F)ccc3c3sccc23)c1. The van der Waals surface area contributed by atoms with E-state index in [0.29, 0.717) is 22.6 Å². The number of hydrogen-bond donors (Lipinski definition) is 2. The monoisotopic (exact) mass is 423 g/mol. The van der Waals surface area contributed by atoms with Gasteiger partial charge in [0, 0.05) is 39.7 Å². The van der Waals surface area contributed by atoms with Crippen molar-refractivity contribution in [2.75, 3.05) is 5.32 Å². The maximum absolute atomic E-state index is 13.5. The molecule has 0 aliphatic carbocycles. The zero-order valence-corrected chi connectivity index (χ0v) is 15.8. The van der Waals surface area contributed by atoms with Crippen LogP contribution in [0.3, 0.4) is 0 Å². The van der Waals surface area contributed by atoms with E-state index in [0.717, 1.165) is 15.5 Å². The molecule has 0 saturated heterocycles. The van der Waals surface area contributed by atoms with Gasteiger partial charge in [0.05, 0.1) is 5.52 Å². The summed E-state index contributed by atoms with van der Waals surface area (Å²) in [6.45, 7) is 0.0525. The number of fused-ring (bicyclic) bond motifs is 3. The Morgan fingerprint density at radius 3 is 2.68 bits per heavy atom. The summed E-state index contributed by atoms with van der Waals surface area (Å²) in [5, 5.41) is 6.90. The summed E-state index contributed by atoms with van der Waals surface area (Å²) in [6, 6.07) is 13.4. The largest absolute Gasteiger partial charge is 0.456 e. The molecular formula is C19H13F4N3S2. The van der Waals surface area contributed by atoms with Gasteiger partial charge < -0.3 is 5.32 Å². The highest BCUT2D eigenvalue weighted by Gasteiger charge is 2.28. The summed E-state index contributed by atoms with van der Waals surface area (Å²) in [5.74, 6) is 0.215. The van der Waals surface area contributed by atoms with Gasteiger partial charge >= 0.3 is 5.51 Å². The predicted octanol–water partition coefficient (Wildman–Crippen LogP) is 6.59. The zero-order chi connectivity index (χ0) is 19.7. The molecule has 9 heteroatoms. The lowest BCUT2D eigenvalue weighted by Crippen LogP contribution is -2.12. The Bertz CT molecular complexity index is 1140. The molecule has 4 rings (SSSR count). The number of nitrogens with one attached hydrogen (secondary N) is 2. The number of aromatic nitrogens is 1. The molecule has 2 aromatic heterocycles. The molecule has 0 atom stereocenters. The summed E-state index contributed by atoms with van der Waals surface area (Å²) in [5.41, 5.74) is -2.42. The Kier molecular flexibility index (Phi) is 5.13. The van der Waals surface area contributed by atoms with Gasteiger partial charge in [-0.15, -0.1) is 11.3 Å². The van der Waals surface area contributed by atoms with Crippen LogP contribution in [0.15, 0.2) is 53.9 Å². The van der Waals surface area contributed by atoms with E-state index >= 15 is 0 Å². The lowest BCUT2D eigenvalue weighted by Gasteiger charge is -2.11. The van der Waals surface area contributed by atoms with Crippen molar-refractivity contribution < 1.29 is 17.6 Å². The summed E-state index contributed by atoms with van der Waals surface area (Å²) in [7, 11) is 0. The number of thiophene rings is 1. The Morgan fingerprint density at radius 1 is 1.04 bits per heavy atom. The van der Waals surface area contributed by atoms with Crippen molar-refractivity contribution in [3.8, 4) is 0 Å². The van der Waals surface area contributed by atoms with Crippen LogP contribution < -0.4 is 10.0 Å². The standard InChI is InChI=1S/C19H13F4N3S2/c20-12-2-1-3-13(9-12)25-18-15-6-7-27-17(15)14-5-4-11(8-16(14)26-18)10-24-28-19(21,22)23/h1-9,24H,10H2,(H,25,26). The van der Waals surface area contributed by atoms with Crippen LogP contribution in [0.5, 0.6) is 0 Å². The fourth-order valence-corrected chi connectivity index (χ4v) is 4.19. The fraction of sp³-hybridized carbons (Fsp3) is 0.105. The van der Waals surface area contributed by atoms with Crippen LogP contribution in [0.25, 0.3) is 21.0 Å². The molecule has 4 aromatic rings.